The summed E-state index contributed by atoms with van der Waals surface area (Å²) < 4.78 is 1.18. The number of hydrogen-bond donors (Lipinski definition) is 2. The van der Waals surface area contributed by atoms with E-state index >= 15 is 0 Å². The smallest absolute Gasteiger partial charge is 0.184 e. The monoisotopic (exact) mass is 370 g/mol. The third kappa shape index (κ3) is 2.86. The molecule has 0 amide bonds. The van der Waals surface area contributed by atoms with Crippen LogP contribution in [0.4, 0.5) is 5.13 Å². The van der Waals surface area contributed by atoms with Gasteiger partial charge in [0.2, 0.25) is 0 Å². The summed E-state index contributed by atoms with van der Waals surface area (Å²) in [5.74, 6) is 0. The summed E-state index contributed by atoms with van der Waals surface area (Å²) >= 11 is 1.67. The van der Waals surface area contributed by atoms with E-state index in [1.165, 1.54) is 15.6 Å². The lowest BCUT2D eigenvalue weighted by molar-refractivity contribution is 0.882. The average molecular weight is 370 g/mol. The predicted molar refractivity (Wildman–Crippen MR) is 112 cm³/mol. The number of anilines is 1. The fraction of sp³-hybridized carbons (Fsp3) is 0.0909. The molecule has 0 bridgehead atoms. The van der Waals surface area contributed by atoms with E-state index in [9.17, 15) is 0 Å². The summed E-state index contributed by atoms with van der Waals surface area (Å²) in [5, 5.41) is 5.75. The van der Waals surface area contributed by atoms with Gasteiger partial charge < -0.3 is 10.3 Å². The molecular formula is C22H18N4S. The molecule has 0 unspecified atom stereocenters. The number of nitrogens with one attached hydrogen (secondary N) is 2. The summed E-state index contributed by atoms with van der Waals surface area (Å²) in [7, 11) is 0. The van der Waals surface area contributed by atoms with Crippen LogP contribution in [-0.4, -0.2) is 15.0 Å². The molecule has 0 aliphatic heterocycles. The molecule has 27 heavy (non-hydrogen) atoms. The van der Waals surface area contributed by atoms with Gasteiger partial charge in [0.1, 0.15) is 0 Å². The SMILES string of the molecule is Cc1[nH]c2ccccc2c1[C@H](Nc1nc2ccccc2s1)c1ccccn1. The number of para-hydroxylation sites is 2. The van der Waals surface area contributed by atoms with Crippen molar-refractivity contribution in [2.45, 2.75) is 13.0 Å². The molecule has 5 heteroatoms. The van der Waals surface area contributed by atoms with E-state index in [0.29, 0.717) is 0 Å². The topological polar surface area (TPSA) is 53.6 Å². The maximum Gasteiger partial charge on any atom is 0.184 e. The van der Waals surface area contributed by atoms with Gasteiger partial charge in [0, 0.05) is 28.4 Å². The highest BCUT2D eigenvalue weighted by atomic mass is 32.1. The van der Waals surface area contributed by atoms with Crippen LogP contribution < -0.4 is 5.32 Å². The zero-order chi connectivity index (χ0) is 18.2. The fourth-order valence-electron chi connectivity index (χ4n) is 3.57. The second-order valence-electron chi connectivity index (χ2n) is 6.53. The average Bonchev–Trinajstić information content (AvgIpc) is 3.26. The van der Waals surface area contributed by atoms with Crippen molar-refractivity contribution >= 4 is 37.6 Å². The highest BCUT2D eigenvalue weighted by Crippen LogP contribution is 2.35. The molecule has 0 saturated carbocycles. The summed E-state index contributed by atoms with van der Waals surface area (Å²) in [6.07, 6.45) is 1.84. The minimum absolute atomic E-state index is 0.0806. The minimum Gasteiger partial charge on any atom is -0.358 e. The van der Waals surface area contributed by atoms with E-state index in [4.69, 9.17) is 4.98 Å². The van der Waals surface area contributed by atoms with Gasteiger partial charge >= 0.3 is 0 Å². The van der Waals surface area contributed by atoms with Crippen LogP contribution in [0, 0.1) is 6.92 Å². The van der Waals surface area contributed by atoms with Crippen molar-refractivity contribution in [2.24, 2.45) is 0 Å². The molecule has 3 aromatic heterocycles. The molecule has 0 fully saturated rings. The van der Waals surface area contributed by atoms with Crippen LogP contribution in [-0.2, 0) is 0 Å². The molecular weight excluding hydrogens is 352 g/mol. The lowest BCUT2D eigenvalue weighted by Crippen LogP contribution is -2.14. The summed E-state index contributed by atoms with van der Waals surface area (Å²) in [6.45, 7) is 2.12. The van der Waals surface area contributed by atoms with E-state index in [1.807, 2.05) is 36.5 Å². The van der Waals surface area contributed by atoms with Gasteiger partial charge in [-0.2, -0.15) is 0 Å². The maximum atomic E-state index is 4.77. The Labute approximate surface area is 160 Å². The van der Waals surface area contributed by atoms with Crippen LogP contribution in [0.2, 0.25) is 0 Å². The highest BCUT2D eigenvalue weighted by molar-refractivity contribution is 7.22. The maximum absolute atomic E-state index is 4.77. The van der Waals surface area contributed by atoms with Gasteiger partial charge in [-0.05, 0) is 37.3 Å². The first-order chi connectivity index (χ1) is 13.3. The Morgan fingerprint density at radius 2 is 1.78 bits per heavy atom. The summed E-state index contributed by atoms with van der Waals surface area (Å²) in [5.41, 5.74) is 5.48. The standard InChI is InChI=1S/C22H18N4S/c1-14-20(15-8-2-3-9-16(15)24-14)21(18-11-6-7-13-23-18)26-22-25-17-10-4-5-12-19(17)27-22/h2-13,21,24H,1H3,(H,25,26)/t21-/m1/s1. The third-order valence-electron chi connectivity index (χ3n) is 4.78. The number of benzene rings is 2. The Morgan fingerprint density at radius 1 is 0.963 bits per heavy atom. The number of H-pyrrole nitrogens is 1. The number of pyridine rings is 1. The molecule has 3 heterocycles. The zero-order valence-corrected chi connectivity index (χ0v) is 15.6. The number of aromatic nitrogens is 3. The minimum atomic E-state index is -0.0806. The van der Waals surface area contributed by atoms with Crippen LogP contribution >= 0.6 is 11.3 Å². The molecule has 2 aromatic carbocycles. The molecule has 5 rings (SSSR count). The first-order valence-corrected chi connectivity index (χ1v) is 9.71. The van der Waals surface area contributed by atoms with Crippen LogP contribution in [0.3, 0.4) is 0 Å². The van der Waals surface area contributed by atoms with Gasteiger partial charge in [-0.25, -0.2) is 4.98 Å². The largest absolute Gasteiger partial charge is 0.358 e. The van der Waals surface area contributed by atoms with Gasteiger partial charge in [-0.15, -0.1) is 0 Å². The Hall–Kier alpha value is -3.18. The van der Waals surface area contributed by atoms with E-state index in [-0.39, 0.29) is 6.04 Å². The van der Waals surface area contributed by atoms with Gasteiger partial charge in [0.25, 0.3) is 0 Å². The van der Waals surface area contributed by atoms with Crippen molar-refractivity contribution in [1.29, 1.82) is 0 Å². The van der Waals surface area contributed by atoms with Crippen molar-refractivity contribution in [1.82, 2.24) is 15.0 Å². The van der Waals surface area contributed by atoms with Crippen molar-refractivity contribution in [3.8, 4) is 0 Å². The molecule has 0 saturated heterocycles. The molecule has 2 N–H and O–H groups in total. The quantitative estimate of drug-likeness (QED) is 0.428. The van der Waals surface area contributed by atoms with E-state index < -0.39 is 0 Å². The molecule has 0 radical (unpaired) electrons. The molecule has 0 aliphatic rings. The van der Waals surface area contributed by atoms with Crippen LogP contribution in [0.25, 0.3) is 21.1 Å². The molecule has 4 nitrogen and oxygen atoms in total. The van der Waals surface area contributed by atoms with Gasteiger partial charge in [0.05, 0.1) is 22.0 Å². The number of nitrogens with zero attached hydrogens (tertiary/aromatic N) is 2. The summed E-state index contributed by atoms with van der Waals surface area (Å²) in [6, 6.07) is 22.6. The highest BCUT2D eigenvalue weighted by Gasteiger charge is 2.23. The van der Waals surface area contributed by atoms with Gasteiger partial charge in [-0.1, -0.05) is 47.7 Å². The zero-order valence-electron chi connectivity index (χ0n) is 14.8. The lowest BCUT2D eigenvalue weighted by atomic mass is 10.00. The van der Waals surface area contributed by atoms with Crippen molar-refractivity contribution in [3.05, 3.63) is 89.9 Å². The number of rotatable bonds is 4. The van der Waals surface area contributed by atoms with E-state index in [1.54, 1.807) is 11.3 Å². The van der Waals surface area contributed by atoms with Crippen LogP contribution in [0.5, 0.6) is 0 Å². The fourth-order valence-corrected chi connectivity index (χ4v) is 4.46. The van der Waals surface area contributed by atoms with Crippen molar-refractivity contribution < 1.29 is 0 Å². The Balaban J connectivity index is 1.66. The van der Waals surface area contributed by atoms with E-state index in [0.717, 1.165) is 27.6 Å². The molecule has 1 atom stereocenters. The number of fused-ring (bicyclic) bond motifs is 2. The Bertz CT molecular complexity index is 1190. The Kier molecular flexibility index (Phi) is 3.87. The third-order valence-corrected chi connectivity index (χ3v) is 5.74. The number of aromatic amines is 1. The second-order valence-corrected chi connectivity index (χ2v) is 7.56. The Morgan fingerprint density at radius 3 is 2.63 bits per heavy atom. The first-order valence-electron chi connectivity index (χ1n) is 8.90. The number of hydrogen-bond acceptors (Lipinski definition) is 4. The van der Waals surface area contributed by atoms with Crippen LogP contribution in [0.1, 0.15) is 23.0 Å². The molecule has 0 aliphatic carbocycles. The normalized spacial score (nSPS) is 12.5. The van der Waals surface area contributed by atoms with Crippen molar-refractivity contribution in [2.75, 3.05) is 5.32 Å². The summed E-state index contributed by atoms with van der Waals surface area (Å²) in [4.78, 5) is 12.9. The van der Waals surface area contributed by atoms with Gasteiger partial charge in [0.15, 0.2) is 5.13 Å². The molecule has 0 spiro atoms. The van der Waals surface area contributed by atoms with E-state index in [2.05, 4.69) is 58.6 Å². The lowest BCUT2D eigenvalue weighted by Gasteiger charge is -2.18. The molecule has 132 valence electrons. The number of aryl methyl sites for hydroxylation is 1. The predicted octanol–water partition coefficient (Wildman–Crippen LogP) is 5.68. The second kappa shape index (κ2) is 6.52. The first kappa shape index (κ1) is 16.0. The van der Waals surface area contributed by atoms with Crippen LogP contribution in [0.15, 0.2) is 72.9 Å². The van der Waals surface area contributed by atoms with Gasteiger partial charge in [-0.3, -0.25) is 4.98 Å². The number of thiazole rings is 1. The molecule has 5 aromatic rings. The van der Waals surface area contributed by atoms with Crippen molar-refractivity contribution in [3.63, 3.8) is 0 Å².